The van der Waals surface area contributed by atoms with Gasteiger partial charge in [0.2, 0.25) is 10.0 Å². The lowest BCUT2D eigenvalue weighted by atomic mass is 10.4. The van der Waals surface area contributed by atoms with Crippen molar-refractivity contribution in [3.8, 4) is 0 Å². The zero-order valence-electron chi connectivity index (χ0n) is 8.34. The summed E-state index contributed by atoms with van der Waals surface area (Å²) in [7, 11) is -6.19. The highest BCUT2D eigenvalue weighted by Gasteiger charge is 2.26. The molecule has 0 saturated carbocycles. The molecular formula is C6H15NO5S2. The van der Waals surface area contributed by atoms with Gasteiger partial charge in [-0.15, -0.1) is 0 Å². The number of sulfonamides is 1. The van der Waals surface area contributed by atoms with Gasteiger partial charge in [0.15, 0.2) is 14.9 Å². The maximum atomic E-state index is 11.4. The van der Waals surface area contributed by atoms with E-state index in [1.807, 2.05) is 0 Å². The van der Waals surface area contributed by atoms with Crippen LogP contribution in [0.15, 0.2) is 0 Å². The van der Waals surface area contributed by atoms with E-state index in [2.05, 4.69) is 0 Å². The van der Waals surface area contributed by atoms with Gasteiger partial charge >= 0.3 is 0 Å². The molecule has 0 bridgehead atoms. The fourth-order valence-electron chi connectivity index (χ4n) is 0.743. The zero-order valence-corrected chi connectivity index (χ0v) is 9.97. The Bertz CT molecular complexity index is 371. The number of aliphatic hydroxyl groups excluding tert-OH is 1. The van der Waals surface area contributed by atoms with Crippen LogP contribution in [0.5, 0.6) is 0 Å². The lowest BCUT2D eigenvalue weighted by Crippen LogP contribution is -2.40. The summed E-state index contributed by atoms with van der Waals surface area (Å²) in [5.74, 6) is 0. The summed E-state index contributed by atoms with van der Waals surface area (Å²) in [6.45, 7) is 1.14. The summed E-state index contributed by atoms with van der Waals surface area (Å²) < 4.78 is 45.2. The van der Waals surface area contributed by atoms with E-state index in [-0.39, 0.29) is 6.61 Å². The Morgan fingerprint density at radius 2 is 1.71 bits per heavy atom. The molecule has 1 atom stereocenters. The lowest BCUT2D eigenvalue weighted by Gasteiger charge is -2.21. The molecule has 6 nitrogen and oxygen atoms in total. The van der Waals surface area contributed by atoms with Crippen LogP contribution in [-0.2, 0) is 19.9 Å². The van der Waals surface area contributed by atoms with Gasteiger partial charge in [0.05, 0.1) is 6.61 Å². The fraction of sp³-hybridized carbons (Fsp3) is 1.00. The Kier molecular flexibility index (Phi) is 4.50. The van der Waals surface area contributed by atoms with Crippen molar-refractivity contribution in [3.63, 3.8) is 0 Å². The van der Waals surface area contributed by atoms with E-state index in [1.54, 1.807) is 0 Å². The number of likely N-dealkylation sites (N-methyl/N-ethyl adjacent to an activating group) is 1. The van der Waals surface area contributed by atoms with Crippen molar-refractivity contribution in [3.05, 3.63) is 0 Å². The van der Waals surface area contributed by atoms with Gasteiger partial charge in [-0.05, 0) is 6.92 Å². The van der Waals surface area contributed by atoms with Crippen molar-refractivity contribution >= 4 is 19.9 Å². The van der Waals surface area contributed by atoms with Crippen molar-refractivity contribution in [2.75, 3.05) is 25.0 Å². The minimum atomic E-state index is -3.84. The number of hydrogen-bond acceptors (Lipinski definition) is 5. The van der Waals surface area contributed by atoms with Crippen LogP contribution in [0.3, 0.4) is 0 Å². The third-order valence-electron chi connectivity index (χ3n) is 1.69. The van der Waals surface area contributed by atoms with Gasteiger partial charge in [0.1, 0.15) is 0 Å². The fourth-order valence-corrected chi connectivity index (χ4v) is 4.19. The maximum Gasteiger partial charge on any atom is 0.228 e. The smallest absolute Gasteiger partial charge is 0.228 e. The molecule has 0 fully saturated rings. The van der Waals surface area contributed by atoms with Crippen LogP contribution in [0.4, 0.5) is 0 Å². The van der Waals surface area contributed by atoms with Crippen LogP contribution in [0, 0.1) is 0 Å². The molecule has 8 heteroatoms. The largest absolute Gasteiger partial charge is 0.395 e. The van der Waals surface area contributed by atoms with E-state index in [1.165, 1.54) is 14.0 Å². The van der Waals surface area contributed by atoms with Crippen LogP contribution in [0.25, 0.3) is 0 Å². The minimum Gasteiger partial charge on any atom is -0.395 e. The quantitative estimate of drug-likeness (QED) is 0.645. The zero-order chi connectivity index (χ0) is 11.6. The van der Waals surface area contributed by atoms with Crippen molar-refractivity contribution < 1.29 is 21.9 Å². The van der Waals surface area contributed by atoms with Crippen molar-refractivity contribution in [1.82, 2.24) is 4.31 Å². The molecule has 0 spiro atoms. The Hall–Kier alpha value is -0.180. The summed E-state index contributed by atoms with van der Waals surface area (Å²) in [6, 6.07) is -0.623. The van der Waals surface area contributed by atoms with Crippen molar-refractivity contribution in [2.24, 2.45) is 0 Å². The average Bonchev–Trinajstić information content (AvgIpc) is 1.97. The van der Waals surface area contributed by atoms with E-state index in [0.717, 1.165) is 10.6 Å². The summed E-state index contributed by atoms with van der Waals surface area (Å²) >= 11 is 0. The number of sulfone groups is 1. The SMILES string of the molecule is CC(CO)N(C)S(=O)(=O)CS(C)(=O)=O. The first-order chi connectivity index (χ1) is 6.10. The first kappa shape index (κ1) is 13.8. The van der Waals surface area contributed by atoms with Crippen molar-refractivity contribution in [1.29, 1.82) is 0 Å². The summed E-state index contributed by atoms with van der Waals surface area (Å²) in [4.78, 5) is 0. The number of nitrogens with zero attached hydrogens (tertiary/aromatic N) is 1. The van der Waals surface area contributed by atoms with Gasteiger partial charge in [-0.1, -0.05) is 0 Å². The highest BCUT2D eigenvalue weighted by Crippen LogP contribution is 2.06. The summed E-state index contributed by atoms with van der Waals surface area (Å²) in [5.41, 5.74) is 0. The molecule has 0 heterocycles. The molecule has 0 aliphatic rings. The molecular weight excluding hydrogens is 230 g/mol. The summed E-state index contributed by atoms with van der Waals surface area (Å²) in [6.07, 6.45) is 0.849. The molecule has 0 amide bonds. The molecule has 14 heavy (non-hydrogen) atoms. The second-order valence-corrected chi connectivity index (χ2v) is 7.74. The van der Waals surface area contributed by atoms with E-state index in [9.17, 15) is 16.8 Å². The Labute approximate surface area is 84.5 Å². The first-order valence-electron chi connectivity index (χ1n) is 3.84. The Balaban J connectivity index is 4.82. The monoisotopic (exact) mass is 245 g/mol. The van der Waals surface area contributed by atoms with E-state index >= 15 is 0 Å². The minimum absolute atomic E-state index is 0.348. The molecule has 0 saturated heterocycles. The number of rotatable bonds is 5. The molecule has 0 aromatic heterocycles. The van der Waals surface area contributed by atoms with Crippen LogP contribution in [0.2, 0.25) is 0 Å². The number of aliphatic hydroxyl groups is 1. The van der Waals surface area contributed by atoms with Gasteiger partial charge in [-0.2, -0.15) is 4.31 Å². The predicted octanol–water partition coefficient (Wildman–Crippen LogP) is -1.37. The average molecular weight is 245 g/mol. The van der Waals surface area contributed by atoms with Gasteiger partial charge in [-0.25, -0.2) is 16.8 Å². The van der Waals surface area contributed by atoms with Gasteiger partial charge in [0.25, 0.3) is 0 Å². The van der Waals surface area contributed by atoms with Crippen LogP contribution in [-0.4, -0.2) is 57.3 Å². The predicted molar refractivity (Wildman–Crippen MR) is 52.9 cm³/mol. The molecule has 86 valence electrons. The molecule has 0 radical (unpaired) electrons. The highest BCUT2D eigenvalue weighted by molar-refractivity contribution is 8.06. The molecule has 0 aliphatic heterocycles. The standard InChI is InChI=1S/C6H15NO5S2/c1-6(4-8)7(2)14(11,12)5-13(3,9)10/h6,8H,4-5H2,1-3H3. The van der Waals surface area contributed by atoms with Gasteiger partial charge in [0, 0.05) is 19.3 Å². The highest BCUT2D eigenvalue weighted by atomic mass is 32.3. The lowest BCUT2D eigenvalue weighted by molar-refractivity contribution is 0.214. The van der Waals surface area contributed by atoms with Gasteiger partial charge < -0.3 is 5.11 Å². The van der Waals surface area contributed by atoms with Gasteiger partial charge in [-0.3, -0.25) is 0 Å². The van der Waals surface area contributed by atoms with Crippen molar-refractivity contribution in [2.45, 2.75) is 13.0 Å². The number of hydrogen-bond donors (Lipinski definition) is 1. The van der Waals surface area contributed by atoms with E-state index < -0.39 is 31.0 Å². The topological polar surface area (TPSA) is 91.8 Å². The van der Waals surface area contributed by atoms with Crippen LogP contribution >= 0.6 is 0 Å². The second-order valence-electron chi connectivity index (χ2n) is 3.20. The third-order valence-corrected chi connectivity index (χ3v) is 5.83. The second kappa shape index (κ2) is 4.56. The molecule has 0 rings (SSSR count). The summed E-state index contributed by atoms with van der Waals surface area (Å²) in [5, 5.41) is 7.78. The van der Waals surface area contributed by atoms with E-state index in [4.69, 9.17) is 5.11 Å². The molecule has 1 N–H and O–H groups in total. The maximum absolute atomic E-state index is 11.4. The Morgan fingerprint density at radius 1 is 1.29 bits per heavy atom. The third kappa shape index (κ3) is 4.36. The van der Waals surface area contributed by atoms with E-state index in [0.29, 0.717) is 0 Å². The Morgan fingerprint density at radius 3 is 2.00 bits per heavy atom. The normalized spacial score (nSPS) is 15.8. The molecule has 0 aliphatic carbocycles. The van der Waals surface area contributed by atoms with Crippen LogP contribution in [0.1, 0.15) is 6.92 Å². The van der Waals surface area contributed by atoms with Crippen LogP contribution < -0.4 is 0 Å². The molecule has 0 aromatic rings. The molecule has 0 aromatic carbocycles. The first-order valence-corrected chi connectivity index (χ1v) is 7.51. The molecule has 1 unspecified atom stereocenters.